The Hall–Kier alpha value is -2.06. The smallest absolute Gasteiger partial charge is 0.187 e. The number of anilines is 1. The van der Waals surface area contributed by atoms with Gasteiger partial charge in [0.05, 0.1) is 0 Å². The Kier molecular flexibility index (Phi) is 4.59. The van der Waals surface area contributed by atoms with Crippen molar-refractivity contribution in [3.63, 3.8) is 0 Å². The summed E-state index contributed by atoms with van der Waals surface area (Å²) in [7, 11) is 0. The lowest BCUT2D eigenvalue weighted by Crippen LogP contribution is -2.02. The summed E-state index contributed by atoms with van der Waals surface area (Å²) >= 11 is 5.81. The molecule has 0 atom stereocenters. The number of halogens is 1. The van der Waals surface area contributed by atoms with Gasteiger partial charge in [0.2, 0.25) is 0 Å². The Balaban J connectivity index is 2.12. The fourth-order valence-corrected chi connectivity index (χ4v) is 1.98. The minimum Gasteiger partial charge on any atom is -0.359 e. The average Bonchev–Trinajstić information content (AvgIpc) is 2.42. The molecule has 102 valence electrons. The summed E-state index contributed by atoms with van der Waals surface area (Å²) in [5, 5.41) is 3.86. The van der Waals surface area contributed by atoms with Gasteiger partial charge in [-0.3, -0.25) is 4.79 Å². The second-order valence-electron chi connectivity index (χ2n) is 4.64. The fourth-order valence-electron chi connectivity index (χ4n) is 1.86. The van der Waals surface area contributed by atoms with Crippen LogP contribution < -0.4 is 5.32 Å². The molecule has 2 aromatic rings. The number of para-hydroxylation sites is 1. The van der Waals surface area contributed by atoms with Crippen LogP contribution >= 0.6 is 11.6 Å². The number of aryl methyl sites for hydroxylation is 1. The Morgan fingerprint density at radius 1 is 1.10 bits per heavy atom. The lowest BCUT2D eigenvalue weighted by Gasteiger charge is -2.09. The minimum atomic E-state index is -0.0414. The number of hydrogen-bond donors (Lipinski definition) is 1. The number of rotatable bonds is 4. The first-order chi connectivity index (χ1) is 9.56. The molecule has 0 fully saturated rings. The number of benzene rings is 2. The molecule has 0 unspecified atom stereocenters. The molecule has 0 aliphatic carbocycles. The zero-order valence-corrected chi connectivity index (χ0v) is 12.2. The quantitative estimate of drug-likeness (QED) is 0.643. The first-order valence-electron chi connectivity index (χ1n) is 6.37. The van der Waals surface area contributed by atoms with Crippen molar-refractivity contribution in [1.82, 2.24) is 0 Å². The summed E-state index contributed by atoms with van der Waals surface area (Å²) in [6.45, 7) is 3.90. The van der Waals surface area contributed by atoms with E-state index in [2.05, 4.69) is 5.32 Å². The molecule has 0 bridgehead atoms. The molecule has 2 rings (SSSR count). The molecular weight excluding hydrogens is 270 g/mol. The number of carbonyl (C=O) groups excluding carboxylic acids is 1. The van der Waals surface area contributed by atoms with Crippen molar-refractivity contribution in [1.29, 1.82) is 0 Å². The first kappa shape index (κ1) is 14.4. The van der Waals surface area contributed by atoms with E-state index in [-0.39, 0.29) is 5.78 Å². The normalized spacial score (nSPS) is 11.2. The van der Waals surface area contributed by atoms with Crippen molar-refractivity contribution in [3.8, 4) is 0 Å². The predicted octanol–water partition coefficient (Wildman–Crippen LogP) is 4.85. The van der Waals surface area contributed by atoms with Gasteiger partial charge in [-0.25, -0.2) is 0 Å². The van der Waals surface area contributed by atoms with Crippen LogP contribution in [-0.2, 0) is 0 Å². The van der Waals surface area contributed by atoms with E-state index in [1.54, 1.807) is 30.3 Å². The number of nitrogens with one attached hydrogen (secondary N) is 1. The lowest BCUT2D eigenvalue weighted by molar-refractivity contribution is 0.104. The van der Waals surface area contributed by atoms with Gasteiger partial charge in [0, 0.05) is 28.0 Å². The highest BCUT2D eigenvalue weighted by atomic mass is 35.5. The number of allylic oxidation sites excluding steroid dienone is 2. The van der Waals surface area contributed by atoms with Gasteiger partial charge >= 0.3 is 0 Å². The molecule has 0 saturated heterocycles. The van der Waals surface area contributed by atoms with Gasteiger partial charge in [-0.05, 0) is 49.7 Å². The summed E-state index contributed by atoms with van der Waals surface area (Å²) in [5.41, 5.74) is 3.57. The van der Waals surface area contributed by atoms with E-state index in [4.69, 9.17) is 11.6 Å². The SMILES string of the molecule is CC(=CC(=O)c1ccc(Cl)cc1)Nc1ccccc1C. The van der Waals surface area contributed by atoms with Crippen LogP contribution in [0.2, 0.25) is 5.02 Å². The summed E-state index contributed by atoms with van der Waals surface area (Å²) < 4.78 is 0. The van der Waals surface area contributed by atoms with E-state index in [0.29, 0.717) is 10.6 Å². The van der Waals surface area contributed by atoms with Crippen molar-refractivity contribution >= 4 is 23.1 Å². The van der Waals surface area contributed by atoms with Crippen LogP contribution in [0.15, 0.2) is 60.3 Å². The predicted molar refractivity (Wildman–Crippen MR) is 84.3 cm³/mol. The molecule has 1 N–H and O–H groups in total. The van der Waals surface area contributed by atoms with Crippen LogP contribution in [0.4, 0.5) is 5.69 Å². The number of carbonyl (C=O) groups is 1. The zero-order valence-electron chi connectivity index (χ0n) is 11.5. The molecule has 0 aliphatic heterocycles. The third-order valence-electron chi connectivity index (χ3n) is 2.95. The summed E-state index contributed by atoms with van der Waals surface area (Å²) in [4.78, 5) is 12.1. The Morgan fingerprint density at radius 3 is 2.40 bits per heavy atom. The molecular formula is C17H16ClNO. The molecule has 0 radical (unpaired) electrons. The second kappa shape index (κ2) is 6.40. The molecule has 0 amide bonds. The van der Waals surface area contributed by atoms with E-state index < -0.39 is 0 Å². The maximum atomic E-state index is 12.1. The number of hydrogen-bond acceptors (Lipinski definition) is 2. The molecule has 2 aromatic carbocycles. The second-order valence-corrected chi connectivity index (χ2v) is 5.07. The van der Waals surface area contributed by atoms with Crippen LogP contribution in [0, 0.1) is 6.92 Å². The first-order valence-corrected chi connectivity index (χ1v) is 6.75. The fraction of sp³-hybridized carbons (Fsp3) is 0.118. The van der Waals surface area contributed by atoms with E-state index in [9.17, 15) is 4.79 Å². The van der Waals surface area contributed by atoms with Crippen LogP contribution in [-0.4, -0.2) is 5.78 Å². The van der Waals surface area contributed by atoms with Crippen molar-refractivity contribution in [2.75, 3.05) is 5.32 Å². The Morgan fingerprint density at radius 2 is 1.75 bits per heavy atom. The van der Waals surface area contributed by atoms with E-state index in [1.165, 1.54) is 0 Å². The molecule has 0 aromatic heterocycles. The summed E-state index contributed by atoms with van der Waals surface area (Å²) in [5.74, 6) is -0.0414. The van der Waals surface area contributed by atoms with Gasteiger partial charge in [-0.1, -0.05) is 29.8 Å². The van der Waals surface area contributed by atoms with Crippen LogP contribution in [0.3, 0.4) is 0 Å². The molecule has 3 heteroatoms. The monoisotopic (exact) mass is 285 g/mol. The van der Waals surface area contributed by atoms with Gasteiger partial charge in [0.15, 0.2) is 5.78 Å². The van der Waals surface area contributed by atoms with E-state index in [1.807, 2.05) is 38.1 Å². The average molecular weight is 286 g/mol. The van der Waals surface area contributed by atoms with Crippen molar-refractivity contribution in [3.05, 3.63) is 76.5 Å². The van der Waals surface area contributed by atoms with Crippen LogP contribution in [0.25, 0.3) is 0 Å². The van der Waals surface area contributed by atoms with Crippen LogP contribution in [0.1, 0.15) is 22.8 Å². The molecule has 20 heavy (non-hydrogen) atoms. The van der Waals surface area contributed by atoms with Gasteiger partial charge in [0.1, 0.15) is 0 Å². The van der Waals surface area contributed by atoms with Gasteiger partial charge < -0.3 is 5.32 Å². The van der Waals surface area contributed by atoms with Gasteiger partial charge in [0.25, 0.3) is 0 Å². The lowest BCUT2D eigenvalue weighted by atomic mass is 10.1. The summed E-state index contributed by atoms with van der Waals surface area (Å²) in [6, 6.07) is 14.8. The molecule has 2 nitrogen and oxygen atoms in total. The Bertz CT molecular complexity index is 644. The van der Waals surface area contributed by atoms with Gasteiger partial charge in [-0.15, -0.1) is 0 Å². The zero-order chi connectivity index (χ0) is 14.5. The topological polar surface area (TPSA) is 29.1 Å². The van der Waals surface area contributed by atoms with E-state index >= 15 is 0 Å². The van der Waals surface area contributed by atoms with Crippen molar-refractivity contribution in [2.24, 2.45) is 0 Å². The largest absolute Gasteiger partial charge is 0.359 e. The maximum absolute atomic E-state index is 12.1. The molecule has 0 heterocycles. The standard InChI is InChI=1S/C17H16ClNO/c1-12-5-3-4-6-16(12)19-13(2)11-17(20)14-7-9-15(18)10-8-14/h3-11,19H,1-2H3. The van der Waals surface area contributed by atoms with Crippen LogP contribution in [0.5, 0.6) is 0 Å². The highest BCUT2D eigenvalue weighted by Crippen LogP contribution is 2.16. The van der Waals surface area contributed by atoms with Crippen molar-refractivity contribution in [2.45, 2.75) is 13.8 Å². The Labute approximate surface area is 124 Å². The minimum absolute atomic E-state index is 0.0414. The van der Waals surface area contributed by atoms with Crippen molar-refractivity contribution < 1.29 is 4.79 Å². The molecule has 0 spiro atoms. The third-order valence-corrected chi connectivity index (χ3v) is 3.21. The maximum Gasteiger partial charge on any atom is 0.187 e. The highest BCUT2D eigenvalue weighted by molar-refractivity contribution is 6.30. The molecule has 0 saturated carbocycles. The number of ketones is 1. The van der Waals surface area contributed by atoms with E-state index in [0.717, 1.165) is 16.9 Å². The van der Waals surface area contributed by atoms with Gasteiger partial charge in [-0.2, -0.15) is 0 Å². The highest BCUT2D eigenvalue weighted by Gasteiger charge is 2.04. The molecule has 0 aliphatic rings. The third kappa shape index (κ3) is 3.72. The summed E-state index contributed by atoms with van der Waals surface area (Å²) in [6.07, 6.45) is 1.59.